The molecule has 1 heterocycles. The maximum Gasteiger partial charge on any atom is 0.188 e. The van der Waals surface area contributed by atoms with Gasteiger partial charge in [0.05, 0.1) is 6.61 Å². The van der Waals surface area contributed by atoms with Gasteiger partial charge < -0.3 is 14.2 Å². The van der Waals surface area contributed by atoms with Crippen molar-refractivity contribution in [1.82, 2.24) is 0 Å². The van der Waals surface area contributed by atoms with E-state index >= 15 is 0 Å². The van der Waals surface area contributed by atoms with E-state index in [1.54, 1.807) is 14.2 Å². The molecule has 1 rings (SSSR count). The van der Waals surface area contributed by atoms with Gasteiger partial charge in [-0.25, -0.2) is 0 Å². The van der Waals surface area contributed by atoms with Crippen molar-refractivity contribution in [2.45, 2.75) is 25.2 Å². The Morgan fingerprint density at radius 3 is 2.10 bits per heavy atom. The molecule has 0 radical (unpaired) electrons. The van der Waals surface area contributed by atoms with Crippen molar-refractivity contribution in [2.24, 2.45) is 0 Å². The summed E-state index contributed by atoms with van der Waals surface area (Å²) in [5.74, 6) is 0. The molecule has 0 amide bonds. The van der Waals surface area contributed by atoms with E-state index in [-0.39, 0.29) is 11.9 Å². The lowest BCUT2D eigenvalue weighted by molar-refractivity contribution is -0.146. The average Bonchev–Trinajstić information content (AvgIpc) is 2.72. The molecule has 1 unspecified atom stereocenters. The van der Waals surface area contributed by atoms with Crippen LogP contribution in [0.25, 0.3) is 0 Å². The predicted molar refractivity (Wildman–Crippen MR) is 36.8 cm³/mol. The van der Waals surface area contributed by atoms with Gasteiger partial charge in [-0.1, -0.05) is 6.92 Å². The SMILES string of the molecule is CCC1(C(OC)OC)CO1. The van der Waals surface area contributed by atoms with Gasteiger partial charge >= 0.3 is 0 Å². The Morgan fingerprint density at radius 2 is 2.00 bits per heavy atom. The summed E-state index contributed by atoms with van der Waals surface area (Å²) in [5, 5.41) is 0. The average molecular weight is 146 g/mol. The fourth-order valence-electron chi connectivity index (χ4n) is 1.13. The van der Waals surface area contributed by atoms with Crippen LogP contribution in [0.1, 0.15) is 13.3 Å². The third kappa shape index (κ3) is 1.17. The number of hydrogen-bond donors (Lipinski definition) is 0. The van der Waals surface area contributed by atoms with Crippen LogP contribution in [0.15, 0.2) is 0 Å². The molecule has 1 atom stereocenters. The van der Waals surface area contributed by atoms with Crippen molar-refractivity contribution in [3.05, 3.63) is 0 Å². The van der Waals surface area contributed by atoms with Crippen LogP contribution in [0.2, 0.25) is 0 Å². The zero-order valence-electron chi connectivity index (χ0n) is 6.72. The molecule has 1 saturated heterocycles. The maximum absolute atomic E-state index is 5.24. The Morgan fingerprint density at radius 1 is 1.50 bits per heavy atom. The molecular formula is C7H14O3. The highest BCUT2D eigenvalue weighted by molar-refractivity contribution is 4.94. The quantitative estimate of drug-likeness (QED) is 0.434. The minimum absolute atomic E-state index is 0.135. The van der Waals surface area contributed by atoms with Crippen LogP contribution in [-0.4, -0.2) is 32.7 Å². The summed E-state index contributed by atoms with van der Waals surface area (Å²) in [7, 11) is 3.26. The van der Waals surface area contributed by atoms with Gasteiger partial charge in [-0.15, -0.1) is 0 Å². The van der Waals surface area contributed by atoms with Crippen molar-refractivity contribution in [1.29, 1.82) is 0 Å². The molecule has 10 heavy (non-hydrogen) atoms. The fourth-order valence-corrected chi connectivity index (χ4v) is 1.13. The number of rotatable bonds is 4. The topological polar surface area (TPSA) is 31.0 Å². The van der Waals surface area contributed by atoms with Crippen molar-refractivity contribution in [3.8, 4) is 0 Å². The molecule has 1 aliphatic rings. The second kappa shape index (κ2) is 2.86. The van der Waals surface area contributed by atoms with Crippen LogP contribution in [0.5, 0.6) is 0 Å². The summed E-state index contributed by atoms with van der Waals surface area (Å²) in [6.07, 6.45) is 0.747. The van der Waals surface area contributed by atoms with E-state index in [1.807, 2.05) is 0 Å². The Labute approximate surface area is 61.3 Å². The first-order valence-electron chi connectivity index (χ1n) is 3.48. The number of ether oxygens (including phenoxy) is 3. The van der Waals surface area contributed by atoms with Crippen molar-refractivity contribution < 1.29 is 14.2 Å². The molecule has 0 aliphatic carbocycles. The zero-order valence-corrected chi connectivity index (χ0v) is 6.72. The molecule has 1 aliphatic heterocycles. The van der Waals surface area contributed by atoms with E-state index in [4.69, 9.17) is 14.2 Å². The van der Waals surface area contributed by atoms with E-state index in [0.717, 1.165) is 13.0 Å². The summed E-state index contributed by atoms with van der Waals surface area (Å²) in [5.41, 5.74) is -0.135. The number of hydrogen-bond acceptors (Lipinski definition) is 3. The summed E-state index contributed by atoms with van der Waals surface area (Å²) in [4.78, 5) is 0. The van der Waals surface area contributed by atoms with Gasteiger partial charge in [0.25, 0.3) is 0 Å². The Balaban J connectivity index is 2.43. The highest BCUT2D eigenvalue weighted by Crippen LogP contribution is 2.35. The molecule has 0 aromatic rings. The van der Waals surface area contributed by atoms with Crippen LogP contribution >= 0.6 is 0 Å². The predicted octanol–water partition coefficient (Wildman–Crippen LogP) is 0.784. The number of epoxide rings is 1. The molecule has 0 bridgehead atoms. The van der Waals surface area contributed by atoms with Gasteiger partial charge in [0, 0.05) is 14.2 Å². The molecular weight excluding hydrogens is 132 g/mol. The molecule has 3 heteroatoms. The van der Waals surface area contributed by atoms with Crippen LogP contribution in [0.3, 0.4) is 0 Å². The smallest absolute Gasteiger partial charge is 0.188 e. The lowest BCUT2D eigenvalue weighted by Gasteiger charge is -2.19. The molecule has 0 saturated carbocycles. The van der Waals surface area contributed by atoms with Crippen molar-refractivity contribution in [2.75, 3.05) is 20.8 Å². The fraction of sp³-hybridized carbons (Fsp3) is 1.00. The first kappa shape index (κ1) is 7.98. The minimum atomic E-state index is -0.197. The van der Waals surface area contributed by atoms with E-state index in [0.29, 0.717) is 0 Å². The third-order valence-corrected chi connectivity index (χ3v) is 1.97. The number of methoxy groups -OCH3 is 2. The monoisotopic (exact) mass is 146 g/mol. The molecule has 0 aromatic heterocycles. The van der Waals surface area contributed by atoms with Gasteiger partial charge in [-0.05, 0) is 6.42 Å². The lowest BCUT2D eigenvalue weighted by atomic mass is 10.1. The summed E-state index contributed by atoms with van der Waals surface area (Å²) < 4.78 is 15.4. The van der Waals surface area contributed by atoms with E-state index in [2.05, 4.69) is 6.92 Å². The van der Waals surface area contributed by atoms with Crippen LogP contribution in [-0.2, 0) is 14.2 Å². The summed E-state index contributed by atoms with van der Waals surface area (Å²) in [6, 6.07) is 0. The van der Waals surface area contributed by atoms with E-state index < -0.39 is 0 Å². The molecule has 0 aromatic carbocycles. The Bertz CT molecular complexity index is 105. The third-order valence-electron chi connectivity index (χ3n) is 1.97. The Kier molecular flexibility index (Phi) is 2.28. The van der Waals surface area contributed by atoms with Gasteiger partial charge in [0.15, 0.2) is 6.29 Å². The van der Waals surface area contributed by atoms with Gasteiger partial charge in [-0.2, -0.15) is 0 Å². The van der Waals surface area contributed by atoms with E-state index in [1.165, 1.54) is 0 Å². The summed E-state index contributed by atoms with van der Waals surface area (Å²) >= 11 is 0. The molecule has 0 spiro atoms. The standard InChI is InChI=1S/C7H14O3/c1-4-7(5-10-7)6(8-2)9-3/h6H,4-5H2,1-3H3. The first-order chi connectivity index (χ1) is 4.79. The lowest BCUT2D eigenvalue weighted by Crippen LogP contribution is -2.32. The summed E-state index contributed by atoms with van der Waals surface area (Å²) in [6.45, 7) is 2.83. The normalized spacial score (nSPS) is 31.2. The highest BCUT2D eigenvalue weighted by Gasteiger charge is 2.51. The molecule has 0 N–H and O–H groups in total. The van der Waals surface area contributed by atoms with E-state index in [9.17, 15) is 0 Å². The van der Waals surface area contributed by atoms with Crippen LogP contribution in [0, 0.1) is 0 Å². The first-order valence-corrected chi connectivity index (χ1v) is 3.48. The van der Waals surface area contributed by atoms with Crippen molar-refractivity contribution in [3.63, 3.8) is 0 Å². The maximum atomic E-state index is 5.24. The zero-order chi connectivity index (χ0) is 7.61. The van der Waals surface area contributed by atoms with Gasteiger partial charge in [-0.3, -0.25) is 0 Å². The second-order valence-electron chi connectivity index (χ2n) is 2.51. The second-order valence-corrected chi connectivity index (χ2v) is 2.51. The minimum Gasteiger partial charge on any atom is -0.364 e. The van der Waals surface area contributed by atoms with Crippen LogP contribution in [0.4, 0.5) is 0 Å². The molecule has 60 valence electrons. The molecule has 1 fully saturated rings. The highest BCUT2D eigenvalue weighted by atomic mass is 16.7. The van der Waals surface area contributed by atoms with Crippen molar-refractivity contribution >= 4 is 0 Å². The van der Waals surface area contributed by atoms with Gasteiger partial charge in [0.2, 0.25) is 0 Å². The largest absolute Gasteiger partial charge is 0.364 e. The van der Waals surface area contributed by atoms with Crippen LogP contribution < -0.4 is 0 Å². The van der Waals surface area contributed by atoms with Gasteiger partial charge in [0.1, 0.15) is 5.60 Å². The molecule has 3 nitrogen and oxygen atoms in total. The Hall–Kier alpha value is -0.120.